The molecule has 2 nitrogen and oxygen atoms in total. The van der Waals surface area contributed by atoms with E-state index in [1.807, 2.05) is 36.9 Å². The van der Waals surface area contributed by atoms with Gasteiger partial charge in [-0.05, 0) is 59.4 Å². The van der Waals surface area contributed by atoms with Crippen molar-refractivity contribution in [3.63, 3.8) is 0 Å². The largest absolute Gasteiger partial charge is 0.264 e. The molecule has 2 aromatic heterocycles. The first-order valence-corrected chi connectivity index (χ1v) is 8.65. The van der Waals surface area contributed by atoms with Gasteiger partial charge in [-0.1, -0.05) is 37.7 Å². The molecule has 0 aliphatic heterocycles. The van der Waals surface area contributed by atoms with E-state index in [9.17, 15) is 0 Å². The van der Waals surface area contributed by atoms with Crippen LogP contribution in [0.1, 0.15) is 19.4 Å². The van der Waals surface area contributed by atoms with Gasteiger partial charge in [0.2, 0.25) is 0 Å². The molecular weight excluding hydrogens is 300 g/mol. The minimum absolute atomic E-state index is 0.618. The van der Waals surface area contributed by atoms with E-state index in [0.29, 0.717) is 5.92 Å². The molecule has 23 heavy (non-hydrogen) atoms. The van der Waals surface area contributed by atoms with Crippen LogP contribution in [0.25, 0.3) is 11.1 Å². The van der Waals surface area contributed by atoms with Gasteiger partial charge in [0, 0.05) is 34.6 Å². The van der Waals surface area contributed by atoms with Gasteiger partial charge in [-0.15, -0.1) is 0 Å². The molecule has 0 bridgehead atoms. The maximum atomic E-state index is 4.23. The lowest BCUT2D eigenvalue weighted by atomic mass is 9.98. The Labute approximate surface area is 142 Å². The average molecular weight is 320 g/mol. The van der Waals surface area contributed by atoms with Gasteiger partial charge in [-0.2, -0.15) is 0 Å². The van der Waals surface area contributed by atoms with Crippen LogP contribution in [0.15, 0.2) is 77.0 Å². The van der Waals surface area contributed by atoms with Crippen LogP contribution < -0.4 is 0 Å². The minimum Gasteiger partial charge on any atom is -0.264 e. The van der Waals surface area contributed by atoms with E-state index in [-0.39, 0.29) is 0 Å². The topological polar surface area (TPSA) is 25.8 Å². The molecule has 2 heterocycles. The molecule has 0 spiro atoms. The summed E-state index contributed by atoms with van der Waals surface area (Å²) in [6.45, 7) is 4.52. The van der Waals surface area contributed by atoms with Gasteiger partial charge in [0.25, 0.3) is 0 Å². The number of hydrogen-bond donors (Lipinski definition) is 0. The number of nitrogens with zero attached hydrogens (tertiary/aromatic N) is 2. The number of pyridine rings is 2. The fourth-order valence-corrected chi connectivity index (χ4v) is 3.45. The quantitative estimate of drug-likeness (QED) is 0.621. The molecule has 3 aromatic rings. The Morgan fingerprint density at radius 1 is 0.913 bits per heavy atom. The lowest BCUT2D eigenvalue weighted by Crippen LogP contribution is -1.97. The van der Waals surface area contributed by atoms with Crippen molar-refractivity contribution in [1.82, 2.24) is 9.97 Å². The number of benzene rings is 1. The summed E-state index contributed by atoms with van der Waals surface area (Å²) >= 11 is 1.78. The molecule has 1 aromatic carbocycles. The maximum absolute atomic E-state index is 4.23. The van der Waals surface area contributed by atoms with Crippen molar-refractivity contribution in [3.8, 4) is 11.1 Å². The highest BCUT2D eigenvalue weighted by Gasteiger charge is 2.09. The SMILES string of the molecule is CC(C)Cc1cc(-c2cccnc2)ccc1Sc1cccnc1. The molecule has 0 saturated heterocycles. The second-order valence-electron chi connectivity index (χ2n) is 5.95. The molecule has 3 heteroatoms. The Morgan fingerprint density at radius 3 is 2.35 bits per heavy atom. The van der Waals surface area contributed by atoms with Gasteiger partial charge in [-0.25, -0.2) is 0 Å². The first-order chi connectivity index (χ1) is 11.2. The molecule has 0 saturated carbocycles. The van der Waals surface area contributed by atoms with Crippen LogP contribution in [-0.4, -0.2) is 9.97 Å². The monoisotopic (exact) mass is 320 g/mol. The van der Waals surface area contributed by atoms with Crippen molar-refractivity contribution in [3.05, 3.63) is 72.8 Å². The lowest BCUT2D eigenvalue weighted by molar-refractivity contribution is 0.641. The van der Waals surface area contributed by atoms with Crippen LogP contribution in [-0.2, 0) is 6.42 Å². The normalized spacial score (nSPS) is 10.9. The Bertz CT molecular complexity index is 755. The van der Waals surface area contributed by atoms with E-state index in [1.54, 1.807) is 11.8 Å². The highest BCUT2D eigenvalue weighted by Crippen LogP contribution is 2.33. The fourth-order valence-electron chi connectivity index (χ4n) is 2.53. The number of aromatic nitrogens is 2. The van der Waals surface area contributed by atoms with E-state index in [1.165, 1.54) is 20.9 Å². The van der Waals surface area contributed by atoms with Crippen molar-refractivity contribution in [1.29, 1.82) is 0 Å². The second kappa shape index (κ2) is 7.42. The third-order valence-electron chi connectivity index (χ3n) is 3.55. The molecule has 3 rings (SSSR count). The van der Waals surface area contributed by atoms with E-state index in [2.05, 4.69) is 54.1 Å². The van der Waals surface area contributed by atoms with Crippen LogP contribution in [0.2, 0.25) is 0 Å². The number of hydrogen-bond acceptors (Lipinski definition) is 3. The van der Waals surface area contributed by atoms with Crippen molar-refractivity contribution < 1.29 is 0 Å². The predicted octanol–water partition coefficient (Wildman–Crippen LogP) is 5.49. The van der Waals surface area contributed by atoms with E-state index in [4.69, 9.17) is 0 Å². The van der Waals surface area contributed by atoms with Gasteiger partial charge in [-0.3, -0.25) is 9.97 Å². The van der Waals surface area contributed by atoms with Crippen molar-refractivity contribution in [2.24, 2.45) is 5.92 Å². The fraction of sp³-hybridized carbons (Fsp3) is 0.200. The predicted molar refractivity (Wildman–Crippen MR) is 96.6 cm³/mol. The smallest absolute Gasteiger partial charge is 0.0407 e. The zero-order valence-corrected chi connectivity index (χ0v) is 14.3. The van der Waals surface area contributed by atoms with Crippen LogP contribution >= 0.6 is 11.8 Å². The summed E-state index contributed by atoms with van der Waals surface area (Å²) in [7, 11) is 0. The second-order valence-corrected chi connectivity index (χ2v) is 7.07. The molecule has 0 radical (unpaired) electrons. The van der Waals surface area contributed by atoms with E-state index >= 15 is 0 Å². The molecule has 0 N–H and O–H groups in total. The Morgan fingerprint density at radius 2 is 1.70 bits per heavy atom. The van der Waals surface area contributed by atoms with Gasteiger partial charge >= 0.3 is 0 Å². The molecule has 116 valence electrons. The maximum Gasteiger partial charge on any atom is 0.0407 e. The molecule has 0 amide bonds. The molecular formula is C20H20N2S. The van der Waals surface area contributed by atoms with Gasteiger partial charge < -0.3 is 0 Å². The summed E-state index contributed by atoms with van der Waals surface area (Å²) in [5.74, 6) is 0.618. The molecule has 0 aliphatic carbocycles. The lowest BCUT2D eigenvalue weighted by Gasteiger charge is -2.13. The van der Waals surface area contributed by atoms with Crippen LogP contribution in [0.4, 0.5) is 0 Å². The van der Waals surface area contributed by atoms with Crippen LogP contribution in [0.3, 0.4) is 0 Å². The van der Waals surface area contributed by atoms with Crippen LogP contribution in [0, 0.1) is 5.92 Å². The summed E-state index contributed by atoms with van der Waals surface area (Å²) in [4.78, 5) is 10.9. The van der Waals surface area contributed by atoms with Gasteiger partial charge in [0.15, 0.2) is 0 Å². The summed E-state index contributed by atoms with van der Waals surface area (Å²) in [5.41, 5.74) is 3.77. The third kappa shape index (κ3) is 4.20. The highest BCUT2D eigenvalue weighted by atomic mass is 32.2. The summed E-state index contributed by atoms with van der Waals surface area (Å²) in [5, 5.41) is 0. The van der Waals surface area contributed by atoms with Crippen molar-refractivity contribution in [2.45, 2.75) is 30.1 Å². The molecule has 0 fully saturated rings. The Balaban J connectivity index is 1.95. The zero-order valence-electron chi connectivity index (χ0n) is 13.4. The van der Waals surface area contributed by atoms with Gasteiger partial charge in [0.05, 0.1) is 0 Å². The summed E-state index contributed by atoms with van der Waals surface area (Å²) < 4.78 is 0. The summed E-state index contributed by atoms with van der Waals surface area (Å²) in [6, 6.07) is 14.9. The van der Waals surface area contributed by atoms with E-state index < -0.39 is 0 Å². The molecule has 0 atom stereocenters. The highest BCUT2D eigenvalue weighted by molar-refractivity contribution is 7.99. The van der Waals surface area contributed by atoms with Crippen LogP contribution in [0.5, 0.6) is 0 Å². The Hall–Kier alpha value is -2.13. The average Bonchev–Trinajstić information content (AvgIpc) is 2.58. The van der Waals surface area contributed by atoms with Crippen molar-refractivity contribution in [2.75, 3.05) is 0 Å². The Kier molecular flexibility index (Phi) is 5.09. The summed E-state index contributed by atoms with van der Waals surface area (Å²) in [6.07, 6.45) is 8.52. The third-order valence-corrected chi connectivity index (χ3v) is 4.64. The first kappa shape index (κ1) is 15.8. The minimum atomic E-state index is 0.618. The zero-order chi connectivity index (χ0) is 16.1. The van der Waals surface area contributed by atoms with Crippen molar-refractivity contribution >= 4 is 11.8 Å². The first-order valence-electron chi connectivity index (χ1n) is 7.83. The standard InChI is InChI=1S/C20H20N2S/c1-15(2)11-18-12-16(17-5-3-9-21-13-17)7-8-20(18)23-19-6-4-10-22-14-19/h3-10,12-15H,11H2,1-2H3. The molecule has 0 aliphatic rings. The van der Waals surface area contributed by atoms with E-state index in [0.717, 1.165) is 12.0 Å². The molecule has 0 unspecified atom stereocenters. The number of rotatable bonds is 5. The van der Waals surface area contributed by atoms with Gasteiger partial charge in [0.1, 0.15) is 0 Å².